The molecule has 1 atom stereocenters. The Bertz CT molecular complexity index is 761. The monoisotopic (exact) mass is 359 g/mol. The summed E-state index contributed by atoms with van der Waals surface area (Å²) < 4.78 is 10.4. The molecule has 3 rings (SSSR count). The molecule has 2 aromatic heterocycles. The van der Waals surface area contributed by atoms with Gasteiger partial charge in [0.25, 0.3) is 5.91 Å². The van der Waals surface area contributed by atoms with Crippen molar-refractivity contribution in [3.63, 3.8) is 0 Å². The Balaban J connectivity index is 1.71. The highest BCUT2D eigenvalue weighted by Gasteiger charge is 2.29. The van der Waals surface area contributed by atoms with Crippen LogP contribution in [0, 0.1) is 12.8 Å². The van der Waals surface area contributed by atoms with E-state index in [-0.39, 0.29) is 5.91 Å². The minimum atomic E-state index is -0.0911. The van der Waals surface area contributed by atoms with Crippen molar-refractivity contribution in [2.24, 2.45) is 5.92 Å². The summed E-state index contributed by atoms with van der Waals surface area (Å²) in [6, 6.07) is 0. The van der Waals surface area contributed by atoms with Crippen LogP contribution in [0.25, 0.3) is 0 Å². The maximum Gasteiger partial charge on any atom is 0.276 e. The molecule has 140 valence electrons. The summed E-state index contributed by atoms with van der Waals surface area (Å²) in [4.78, 5) is 23.5. The second kappa shape index (κ2) is 8.27. The zero-order valence-electron chi connectivity index (χ0n) is 15.5. The summed E-state index contributed by atoms with van der Waals surface area (Å²) in [5.74, 6) is 1.68. The normalized spacial score (nSPS) is 17.3. The van der Waals surface area contributed by atoms with E-state index in [1.54, 1.807) is 26.4 Å². The average molecular weight is 359 g/mol. The number of aryl methyl sites for hydroxylation is 1. The first-order chi connectivity index (χ1) is 12.6. The van der Waals surface area contributed by atoms with Gasteiger partial charge >= 0.3 is 0 Å². The molecule has 26 heavy (non-hydrogen) atoms. The molecule has 0 bridgehead atoms. The summed E-state index contributed by atoms with van der Waals surface area (Å²) in [6.07, 6.45) is 6.19. The number of amides is 1. The molecule has 1 saturated heterocycles. The van der Waals surface area contributed by atoms with Crippen LogP contribution in [0.1, 0.15) is 40.3 Å². The van der Waals surface area contributed by atoms with Crippen LogP contribution in [0.4, 0.5) is 5.82 Å². The lowest BCUT2D eigenvalue weighted by molar-refractivity contribution is 0.0658. The minimum absolute atomic E-state index is 0.0911. The smallest absolute Gasteiger partial charge is 0.276 e. The number of methoxy groups -OCH3 is 1. The fourth-order valence-corrected chi connectivity index (χ4v) is 3.44. The lowest BCUT2D eigenvalue weighted by Crippen LogP contribution is -2.41. The lowest BCUT2D eigenvalue weighted by atomic mass is 9.93. The van der Waals surface area contributed by atoms with Crippen molar-refractivity contribution in [3.05, 3.63) is 35.1 Å². The first-order valence-corrected chi connectivity index (χ1v) is 8.85. The Morgan fingerprint density at radius 1 is 1.42 bits per heavy atom. The molecular formula is C18H25N5O3. The zero-order chi connectivity index (χ0) is 18.5. The zero-order valence-corrected chi connectivity index (χ0v) is 15.5. The Labute approximate surface area is 152 Å². The first kappa shape index (κ1) is 18.3. The standard InChI is InChI=1S/C18H25N5O3/c1-12-14(11-25-3)16(22-26-12)18(24)23-8-4-5-13(10-23)9-15-17(19-2)21-7-6-20-15/h6-7,13H,4-5,8-11H2,1-3H3,(H,19,21). The number of ether oxygens (including phenoxy) is 1. The van der Waals surface area contributed by atoms with E-state index in [9.17, 15) is 4.79 Å². The molecule has 2 aromatic rings. The third-order valence-corrected chi connectivity index (χ3v) is 4.77. The summed E-state index contributed by atoms with van der Waals surface area (Å²) in [5, 5.41) is 7.05. The predicted molar refractivity (Wildman–Crippen MR) is 95.9 cm³/mol. The van der Waals surface area contributed by atoms with Gasteiger partial charge < -0.3 is 19.5 Å². The van der Waals surface area contributed by atoms with Crippen molar-refractivity contribution in [2.45, 2.75) is 32.8 Å². The van der Waals surface area contributed by atoms with Gasteiger partial charge in [0.2, 0.25) is 0 Å². The molecule has 0 aliphatic carbocycles. The number of rotatable bonds is 6. The van der Waals surface area contributed by atoms with Crippen LogP contribution in [-0.4, -0.2) is 53.2 Å². The Morgan fingerprint density at radius 2 is 2.23 bits per heavy atom. The van der Waals surface area contributed by atoms with Crippen LogP contribution in [0.2, 0.25) is 0 Å². The van der Waals surface area contributed by atoms with E-state index in [0.29, 0.717) is 30.5 Å². The second-order valence-electron chi connectivity index (χ2n) is 6.56. The summed E-state index contributed by atoms with van der Waals surface area (Å²) in [5.41, 5.74) is 2.03. The average Bonchev–Trinajstić information content (AvgIpc) is 3.03. The van der Waals surface area contributed by atoms with Gasteiger partial charge in [-0.1, -0.05) is 5.16 Å². The van der Waals surface area contributed by atoms with Crippen molar-refractivity contribution >= 4 is 11.7 Å². The number of anilines is 1. The molecule has 0 saturated carbocycles. The van der Waals surface area contributed by atoms with Crippen LogP contribution < -0.4 is 5.32 Å². The maximum absolute atomic E-state index is 12.9. The summed E-state index contributed by atoms with van der Waals surface area (Å²) in [7, 11) is 3.44. The molecule has 8 nitrogen and oxygen atoms in total. The molecular weight excluding hydrogens is 334 g/mol. The molecule has 8 heteroatoms. The van der Waals surface area contributed by atoms with Gasteiger partial charge in [-0.2, -0.15) is 0 Å². The van der Waals surface area contributed by atoms with Crippen LogP contribution in [0.3, 0.4) is 0 Å². The van der Waals surface area contributed by atoms with Crippen LogP contribution in [0.15, 0.2) is 16.9 Å². The Hall–Kier alpha value is -2.48. The molecule has 1 fully saturated rings. The van der Waals surface area contributed by atoms with Crippen molar-refractivity contribution in [1.29, 1.82) is 0 Å². The molecule has 0 spiro atoms. The number of nitrogens with one attached hydrogen (secondary N) is 1. The van der Waals surface area contributed by atoms with E-state index in [2.05, 4.69) is 20.4 Å². The van der Waals surface area contributed by atoms with Gasteiger partial charge in [0.1, 0.15) is 11.6 Å². The molecule has 1 amide bonds. The number of carbonyl (C=O) groups excluding carboxylic acids is 1. The van der Waals surface area contributed by atoms with E-state index in [1.165, 1.54) is 0 Å². The van der Waals surface area contributed by atoms with E-state index in [4.69, 9.17) is 9.26 Å². The van der Waals surface area contributed by atoms with Crippen molar-refractivity contribution in [3.8, 4) is 0 Å². The van der Waals surface area contributed by atoms with Gasteiger partial charge in [-0.3, -0.25) is 9.78 Å². The third kappa shape index (κ3) is 3.85. The largest absolute Gasteiger partial charge is 0.380 e. The van der Waals surface area contributed by atoms with Crippen molar-refractivity contribution in [1.82, 2.24) is 20.0 Å². The summed E-state index contributed by atoms with van der Waals surface area (Å²) >= 11 is 0. The number of likely N-dealkylation sites (tertiary alicyclic amines) is 1. The summed E-state index contributed by atoms with van der Waals surface area (Å²) in [6.45, 7) is 3.52. The van der Waals surface area contributed by atoms with Gasteiger partial charge in [-0.25, -0.2) is 4.98 Å². The van der Waals surface area contributed by atoms with E-state index >= 15 is 0 Å². The SMILES string of the molecule is CNc1nccnc1CC1CCCN(C(=O)c2noc(C)c2COC)C1. The number of nitrogens with zero attached hydrogens (tertiary/aromatic N) is 4. The van der Waals surface area contributed by atoms with Crippen LogP contribution in [-0.2, 0) is 17.8 Å². The fourth-order valence-electron chi connectivity index (χ4n) is 3.44. The van der Waals surface area contributed by atoms with Crippen LogP contribution >= 0.6 is 0 Å². The van der Waals surface area contributed by atoms with Gasteiger partial charge in [0.15, 0.2) is 5.69 Å². The van der Waals surface area contributed by atoms with Crippen molar-refractivity contribution < 1.29 is 14.1 Å². The highest BCUT2D eigenvalue weighted by Crippen LogP contribution is 2.25. The Morgan fingerprint density at radius 3 is 3.00 bits per heavy atom. The fraction of sp³-hybridized carbons (Fsp3) is 0.556. The molecule has 1 N–H and O–H groups in total. The lowest BCUT2D eigenvalue weighted by Gasteiger charge is -2.32. The van der Waals surface area contributed by atoms with E-state index in [0.717, 1.165) is 42.9 Å². The number of hydrogen-bond donors (Lipinski definition) is 1. The van der Waals surface area contributed by atoms with Gasteiger partial charge in [0, 0.05) is 39.6 Å². The number of aromatic nitrogens is 3. The number of carbonyl (C=O) groups is 1. The molecule has 3 heterocycles. The van der Waals surface area contributed by atoms with Crippen molar-refractivity contribution in [2.75, 3.05) is 32.6 Å². The number of hydrogen-bond acceptors (Lipinski definition) is 7. The van der Waals surface area contributed by atoms with Gasteiger partial charge in [-0.05, 0) is 32.1 Å². The van der Waals surface area contributed by atoms with Gasteiger partial charge in [0.05, 0.1) is 17.9 Å². The van der Waals surface area contributed by atoms with E-state index < -0.39 is 0 Å². The molecule has 0 radical (unpaired) electrons. The predicted octanol–water partition coefficient (Wildman–Crippen LogP) is 2.06. The minimum Gasteiger partial charge on any atom is -0.380 e. The second-order valence-corrected chi connectivity index (χ2v) is 6.56. The quantitative estimate of drug-likeness (QED) is 0.843. The molecule has 1 aliphatic rings. The highest BCUT2D eigenvalue weighted by atomic mass is 16.5. The molecule has 1 aliphatic heterocycles. The van der Waals surface area contributed by atoms with Crippen LogP contribution in [0.5, 0.6) is 0 Å². The number of piperidine rings is 1. The third-order valence-electron chi connectivity index (χ3n) is 4.77. The van der Waals surface area contributed by atoms with E-state index in [1.807, 2.05) is 11.9 Å². The highest BCUT2D eigenvalue weighted by molar-refractivity contribution is 5.93. The molecule has 1 unspecified atom stereocenters. The maximum atomic E-state index is 12.9. The molecule has 0 aromatic carbocycles. The first-order valence-electron chi connectivity index (χ1n) is 8.85. The van der Waals surface area contributed by atoms with Gasteiger partial charge in [-0.15, -0.1) is 0 Å². The topological polar surface area (TPSA) is 93.4 Å². The Kier molecular flexibility index (Phi) is 5.82.